The highest BCUT2D eigenvalue weighted by atomic mass is 35.5. The molecule has 0 unspecified atom stereocenters. The molecular formula is C22H31Cl2NO. The van der Waals surface area contributed by atoms with Gasteiger partial charge in [-0.1, -0.05) is 81.0 Å². The molecule has 0 saturated carbocycles. The maximum atomic E-state index is 6.16. The molecule has 26 heavy (non-hydrogen) atoms. The van der Waals surface area contributed by atoms with Crippen LogP contribution in [-0.2, 0) is 13.2 Å². The molecule has 0 spiro atoms. The normalized spacial score (nSPS) is 10.4. The van der Waals surface area contributed by atoms with Gasteiger partial charge in [-0.25, -0.2) is 0 Å². The largest absolute Gasteiger partial charge is 0.489 e. The molecule has 2 nitrogen and oxygen atoms in total. The van der Waals surface area contributed by atoms with Crippen molar-refractivity contribution in [3.8, 4) is 5.75 Å². The van der Waals surface area contributed by atoms with E-state index in [1.165, 1.54) is 44.1 Å². The molecule has 0 amide bonds. The Morgan fingerprint density at radius 3 is 2.42 bits per heavy atom. The van der Waals surface area contributed by atoms with Crippen molar-refractivity contribution in [1.29, 1.82) is 0 Å². The summed E-state index contributed by atoms with van der Waals surface area (Å²) in [5, 5.41) is 4.27. The van der Waals surface area contributed by atoms with E-state index >= 15 is 0 Å². The minimum atomic E-state index is 0. The van der Waals surface area contributed by atoms with E-state index in [0.717, 1.165) is 29.4 Å². The molecule has 0 heterocycles. The van der Waals surface area contributed by atoms with Crippen molar-refractivity contribution in [2.45, 2.75) is 58.6 Å². The number of halogens is 2. The van der Waals surface area contributed by atoms with Gasteiger partial charge < -0.3 is 10.1 Å². The lowest BCUT2D eigenvalue weighted by Gasteiger charge is -2.13. The first-order valence-electron chi connectivity index (χ1n) is 9.45. The molecule has 0 saturated heterocycles. The number of nitrogens with one attached hydrogen (secondary N) is 1. The minimum absolute atomic E-state index is 0. The van der Waals surface area contributed by atoms with Gasteiger partial charge in [0.05, 0.1) is 0 Å². The number of ether oxygens (including phenoxy) is 1. The van der Waals surface area contributed by atoms with Crippen LogP contribution in [0.3, 0.4) is 0 Å². The molecule has 4 heteroatoms. The zero-order chi connectivity index (χ0) is 17.7. The summed E-state index contributed by atoms with van der Waals surface area (Å²) >= 11 is 6.16. The van der Waals surface area contributed by atoms with E-state index in [0.29, 0.717) is 6.61 Å². The summed E-state index contributed by atoms with van der Waals surface area (Å²) in [6.07, 6.45) is 7.90. The Balaban J connectivity index is 0.00000338. The van der Waals surface area contributed by atoms with Gasteiger partial charge in [0.15, 0.2) is 0 Å². The molecule has 144 valence electrons. The average molecular weight is 396 g/mol. The van der Waals surface area contributed by atoms with Crippen LogP contribution in [0.5, 0.6) is 5.75 Å². The molecule has 0 bridgehead atoms. The van der Waals surface area contributed by atoms with Crippen molar-refractivity contribution in [1.82, 2.24) is 5.32 Å². The quantitative estimate of drug-likeness (QED) is 0.399. The van der Waals surface area contributed by atoms with E-state index in [2.05, 4.69) is 24.4 Å². The van der Waals surface area contributed by atoms with Gasteiger partial charge >= 0.3 is 0 Å². The highest BCUT2D eigenvalue weighted by Gasteiger charge is 2.05. The van der Waals surface area contributed by atoms with E-state index in [1.807, 2.05) is 36.4 Å². The first-order chi connectivity index (χ1) is 12.3. The standard InChI is InChI=1S/C22H30ClNO.ClH/c1-2-3-4-5-6-10-15-24-17-20-16-21(23)13-14-22(20)25-18-19-11-8-7-9-12-19;/h7-9,11-14,16,24H,2-6,10,15,17-18H2,1H3;1H. The van der Waals surface area contributed by atoms with Crippen LogP contribution in [0, 0.1) is 0 Å². The van der Waals surface area contributed by atoms with Crippen molar-refractivity contribution >= 4 is 24.0 Å². The summed E-state index contributed by atoms with van der Waals surface area (Å²) in [6, 6.07) is 16.1. The summed E-state index contributed by atoms with van der Waals surface area (Å²) in [6.45, 7) is 4.66. The van der Waals surface area contributed by atoms with E-state index in [9.17, 15) is 0 Å². The second-order valence-corrected chi connectivity index (χ2v) is 6.91. The zero-order valence-corrected chi connectivity index (χ0v) is 17.2. The Labute approximate surface area is 169 Å². The molecule has 0 aliphatic heterocycles. The predicted molar refractivity (Wildman–Crippen MR) is 115 cm³/mol. The molecule has 0 aliphatic carbocycles. The first-order valence-corrected chi connectivity index (χ1v) is 9.83. The monoisotopic (exact) mass is 395 g/mol. The fourth-order valence-corrected chi connectivity index (χ4v) is 3.01. The van der Waals surface area contributed by atoms with Crippen LogP contribution in [0.25, 0.3) is 0 Å². The van der Waals surface area contributed by atoms with Gasteiger partial charge in [0.1, 0.15) is 12.4 Å². The summed E-state index contributed by atoms with van der Waals surface area (Å²) in [4.78, 5) is 0. The fourth-order valence-electron chi connectivity index (χ4n) is 2.82. The molecule has 1 N–H and O–H groups in total. The molecule has 2 aromatic rings. The summed E-state index contributed by atoms with van der Waals surface area (Å²) < 4.78 is 6.00. The van der Waals surface area contributed by atoms with Gasteiger partial charge in [-0.2, -0.15) is 0 Å². The van der Waals surface area contributed by atoms with Crippen LogP contribution in [0.1, 0.15) is 56.6 Å². The van der Waals surface area contributed by atoms with Crippen LogP contribution >= 0.6 is 24.0 Å². The van der Waals surface area contributed by atoms with Crippen LogP contribution < -0.4 is 10.1 Å². The van der Waals surface area contributed by atoms with Crippen LogP contribution in [-0.4, -0.2) is 6.54 Å². The highest BCUT2D eigenvalue weighted by molar-refractivity contribution is 6.30. The molecule has 2 rings (SSSR count). The smallest absolute Gasteiger partial charge is 0.124 e. The Hall–Kier alpha value is -1.22. The summed E-state index contributed by atoms with van der Waals surface area (Å²) in [5.74, 6) is 0.906. The maximum absolute atomic E-state index is 6.16. The van der Waals surface area contributed by atoms with Gasteiger partial charge in [-0.05, 0) is 36.7 Å². The second-order valence-electron chi connectivity index (χ2n) is 6.47. The van der Waals surface area contributed by atoms with Gasteiger partial charge in [-0.15, -0.1) is 12.4 Å². The summed E-state index contributed by atoms with van der Waals surface area (Å²) in [7, 11) is 0. The van der Waals surface area contributed by atoms with Gasteiger partial charge in [0.2, 0.25) is 0 Å². The van der Waals surface area contributed by atoms with Crippen molar-refractivity contribution in [2.75, 3.05) is 6.54 Å². The summed E-state index contributed by atoms with van der Waals surface area (Å²) in [5.41, 5.74) is 2.29. The van der Waals surface area contributed by atoms with Crippen molar-refractivity contribution in [3.63, 3.8) is 0 Å². The lowest BCUT2D eigenvalue weighted by atomic mass is 10.1. The Kier molecular flexibility index (Phi) is 12.2. The third-order valence-electron chi connectivity index (χ3n) is 4.28. The third kappa shape index (κ3) is 8.93. The first kappa shape index (κ1) is 22.8. The van der Waals surface area contributed by atoms with Crippen LogP contribution in [0.15, 0.2) is 48.5 Å². The number of benzene rings is 2. The number of hydrogen-bond acceptors (Lipinski definition) is 2. The lowest BCUT2D eigenvalue weighted by molar-refractivity contribution is 0.302. The van der Waals surface area contributed by atoms with E-state index in [1.54, 1.807) is 0 Å². The molecule has 0 atom stereocenters. The zero-order valence-electron chi connectivity index (χ0n) is 15.7. The van der Waals surface area contributed by atoms with Gasteiger partial charge in [-0.3, -0.25) is 0 Å². The van der Waals surface area contributed by atoms with Crippen molar-refractivity contribution in [2.24, 2.45) is 0 Å². The molecule has 2 aromatic carbocycles. The third-order valence-corrected chi connectivity index (χ3v) is 4.52. The average Bonchev–Trinajstić information content (AvgIpc) is 2.64. The van der Waals surface area contributed by atoms with Gasteiger partial charge in [0, 0.05) is 17.1 Å². The molecule has 0 fully saturated rings. The minimum Gasteiger partial charge on any atom is -0.489 e. The van der Waals surface area contributed by atoms with Gasteiger partial charge in [0.25, 0.3) is 0 Å². The SMILES string of the molecule is CCCCCCCCNCc1cc(Cl)ccc1OCc1ccccc1.Cl. The van der Waals surface area contributed by atoms with E-state index in [-0.39, 0.29) is 12.4 Å². The highest BCUT2D eigenvalue weighted by Crippen LogP contribution is 2.24. The lowest BCUT2D eigenvalue weighted by Crippen LogP contribution is -2.15. The maximum Gasteiger partial charge on any atom is 0.124 e. The molecule has 0 aliphatic rings. The predicted octanol–water partition coefficient (Wildman–Crippen LogP) is 6.79. The van der Waals surface area contributed by atoms with Crippen molar-refractivity contribution in [3.05, 3.63) is 64.7 Å². The molecule has 0 radical (unpaired) electrons. The Morgan fingerprint density at radius 2 is 1.65 bits per heavy atom. The topological polar surface area (TPSA) is 21.3 Å². The van der Waals surface area contributed by atoms with E-state index < -0.39 is 0 Å². The van der Waals surface area contributed by atoms with Crippen molar-refractivity contribution < 1.29 is 4.74 Å². The van der Waals surface area contributed by atoms with Crippen LogP contribution in [0.2, 0.25) is 5.02 Å². The molecule has 0 aromatic heterocycles. The Morgan fingerprint density at radius 1 is 0.923 bits per heavy atom. The van der Waals surface area contributed by atoms with Crippen LogP contribution in [0.4, 0.5) is 0 Å². The Bertz CT molecular complexity index is 604. The number of hydrogen-bond donors (Lipinski definition) is 1. The fraction of sp³-hybridized carbons (Fsp3) is 0.455. The second kappa shape index (κ2) is 13.9. The molecular weight excluding hydrogens is 365 g/mol. The number of unbranched alkanes of at least 4 members (excludes halogenated alkanes) is 5. The number of rotatable bonds is 12. The van der Waals surface area contributed by atoms with E-state index in [4.69, 9.17) is 16.3 Å².